The fourth-order valence-electron chi connectivity index (χ4n) is 3.30. The van der Waals surface area contributed by atoms with Crippen molar-refractivity contribution in [3.8, 4) is 5.75 Å². The molecule has 0 spiro atoms. The number of hydrogen-bond acceptors (Lipinski definition) is 6. The van der Waals surface area contributed by atoms with Gasteiger partial charge in [-0.3, -0.25) is 4.79 Å². The molecule has 226 valence electrons. The number of hydrogen-bond donors (Lipinski definition) is 3. The molecule has 1 aromatic carbocycles. The summed E-state index contributed by atoms with van der Waals surface area (Å²) in [7, 11) is 4.04. The molecule has 1 rings (SSSR count). The molecule has 0 aliphatic rings. The van der Waals surface area contributed by atoms with Crippen molar-refractivity contribution in [2.75, 3.05) is 33.7 Å². The van der Waals surface area contributed by atoms with Crippen LogP contribution in [-0.2, 0) is 9.53 Å². The lowest BCUT2D eigenvalue weighted by molar-refractivity contribution is -0.122. The highest BCUT2D eigenvalue weighted by Gasteiger charge is 2.23. The molecule has 0 radical (unpaired) electrons. The molecule has 0 aliphatic carbocycles. The monoisotopic (exact) mass is 556 g/mol. The summed E-state index contributed by atoms with van der Waals surface area (Å²) in [5.41, 5.74) is 2.46. The summed E-state index contributed by atoms with van der Waals surface area (Å²) in [5.74, 6) is 1.25. The van der Waals surface area contributed by atoms with Gasteiger partial charge in [0.15, 0.2) is 0 Å². The number of aromatic hydroxyl groups is 1. The Labute approximate surface area is 245 Å². The quantitative estimate of drug-likeness (QED) is 0.113. The number of nitrogens with one attached hydrogen (secondary N) is 2. The van der Waals surface area contributed by atoms with E-state index in [9.17, 15) is 9.90 Å². The normalized spacial score (nSPS) is 10.7. The Hall–Kier alpha value is -3.45. The first-order valence-corrected chi connectivity index (χ1v) is 14.0. The Morgan fingerprint density at radius 3 is 2.05 bits per heavy atom. The molecular formula is C33H56N4O3. The number of rotatable bonds is 16. The van der Waals surface area contributed by atoms with E-state index in [0.717, 1.165) is 24.2 Å². The molecule has 0 saturated heterocycles. The average molecular weight is 557 g/mol. The van der Waals surface area contributed by atoms with Crippen molar-refractivity contribution in [1.29, 1.82) is 0 Å². The van der Waals surface area contributed by atoms with Crippen LogP contribution in [0.4, 0.5) is 0 Å². The van der Waals surface area contributed by atoms with Crippen LogP contribution in [0.15, 0.2) is 79.6 Å². The van der Waals surface area contributed by atoms with Gasteiger partial charge in [-0.1, -0.05) is 67.9 Å². The average Bonchev–Trinajstić information content (AvgIpc) is 2.90. The Bertz CT molecular complexity index is 976. The van der Waals surface area contributed by atoms with E-state index < -0.39 is 0 Å². The summed E-state index contributed by atoms with van der Waals surface area (Å²) < 4.78 is 5.86. The smallest absolute Gasteiger partial charge is 0.220 e. The van der Waals surface area contributed by atoms with E-state index in [2.05, 4.69) is 41.8 Å². The van der Waals surface area contributed by atoms with Crippen molar-refractivity contribution < 1.29 is 14.6 Å². The van der Waals surface area contributed by atoms with E-state index in [4.69, 9.17) is 4.74 Å². The van der Waals surface area contributed by atoms with Crippen LogP contribution in [0, 0.1) is 5.41 Å². The zero-order valence-corrected chi connectivity index (χ0v) is 26.9. The van der Waals surface area contributed by atoms with Crippen molar-refractivity contribution in [2.24, 2.45) is 5.41 Å². The third-order valence-electron chi connectivity index (χ3n) is 5.36. The van der Waals surface area contributed by atoms with Crippen LogP contribution in [-0.4, -0.2) is 54.5 Å². The highest BCUT2D eigenvalue weighted by atomic mass is 16.5. The van der Waals surface area contributed by atoms with Gasteiger partial charge in [0.05, 0.1) is 11.4 Å². The van der Waals surface area contributed by atoms with E-state index in [-0.39, 0.29) is 17.1 Å². The molecule has 7 heteroatoms. The summed E-state index contributed by atoms with van der Waals surface area (Å²) in [6.45, 7) is 34.2. The number of phenols is 1. The number of carbonyl (C=O) groups is 1. The molecule has 1 aromatic rings. The van der Waals surface area contributed by atoms with Gasteiger partial charge in [0.2, 0.25) is 5.91 Å². The third kappa shape index (κ3) is 16.5. The SMILES string of the molecule is C=C(NCC(C)(C)CC(=O)NCCCN(C)C)C(=C)N(/C=C(\C)OC(=C)c1ccc(O)cc1)C(=C)C.CC.CC. The minimum Gasteiger partial charge on any atom is -0.508 e. The van der Waals surface area contributed by atoms with Gasteiger partial charge in [0.1, 0.15) is 17.3 Å². The second-order valence-corrected chi connectivity index (χ2v) is 10.0. The lowest BCUT2D eigenvalue weighted by Crippen LogP contribution is -2.36. The molecule has 0 unspecified atom stereocenters. The maximum Gasteiger partial charge on any atom is 0.220 e. The molecule has 0 fully saturated rings. The van der Waals surface area contributed by atoms with Crippen LogP contribution in [0.25, 0.3) is 5.76 Å². The number of amides is 1. The second-order valence-electron chi connectivity index (χ2n) is 10.0. The standard InChI is InChI=1S/C29H44N4O3.2C2H6/c1-21(2)33(19-22(3)36-25(6)26-12-14-27(34)15-13-26)24(5)23(4)31-20-29(7,8)18-28(35)30-16-11-17-32(9)10;2*1-2/h12-15,19,31,34H,1,4-6,11,16-18,20H2,2-3,7-10H3,(H,30,35);2*1-2H3/b22-19+;;. The predicted octanol–water partition coefficient (Wildman–Crippen LogP) is 7.23. The molecule has 0 aliphatic heterocycles. The first-order chi connectivity index (χ1) is 18.7. The van der Waals surface area contributed by atoms with Gasteiger partial charge in [-0.15, -0.1) is 0 Å². The number of carbonyl (C=O) groups excluding carboxylic acids is 1. The van der Waals surface area contributed by atoms with E-state index in [0.29, 0.717) is 42.4 Å². The van der Waals surface area contributed by atoms with Crippen LogP contribution in [0.1, 0.15) is 73.8 Å². The van der Waals surface area contributed by atoms with Crippen molar-refractivity contribution in [3.63, 3.8) is 0 Å². The van der Waals surface area contributed by atoms with Crippen LogP contribution in [0.3, 0.4) is 0 Å². The lowest BCUT2D eigenvalue weighted by atomic mass is 9.88. The Kier molecular flexibility index (Phi) is 19.8. The Morgan fingerprint density at radius 2 is 1.55 bits per heavy atom. The van der Waals surface area contributed by atoms with E-state index in [1.54, 1.807) is 35.4 Å². The van der Waals surface area contributed by atoms with Gasteiger partial charge in [-0.2, -0.15) is 0 Å². The maximum atomic E-state index is 12.4. The molecule has 0 heterocycles. The van der Waals surface area contributed by atoms with Crippen LogP contribution < -0.4 is 10.6 Å². The highest BCUT2D eigenvalue weighted by molar-refractivity contribution is 5.76. The number of benzene rings is 1. The third-order valence-corrected chi connectivity index (χ3v) is 5.36. The van der Waals surface area contributed by atoms with Crippen molar-refractivity contribution in [2.45, 2.75) is 68.2 Å². The zero-order chi connectivity index (χ0) is 31.5. The predicted molar refractivity (Wildman–Crippen MR) is 172 cm³/mol. The van der Waals surface area contributed by atoms with Gasteiger partial charge in [0.25, 0.3) is 0 Å². The van der Waals surface area contributed by atoms with E-state index >= 15 is 0 Å². The van der Waals surface area contributed by atoms with Crippen molar-refractivity contribution in [1.82, 2.24) is 20.4 Å². The first-order valence-electron chi connectivity index (χ1n) is 14.0. The number of ether oxygens (including phenoxy) is 1. The van der Waals surface area contributed by atoms with Gasteiger partial charge < -0.3 is 30.3 Å². The summed E-state index contributed by atoms with van der Waals surface area (Å²) >= 11 is 0. The molecule has 40 heavy (non-hydrogen) atoms. The van der Waals surface area contributed by atoms with Crippen molar-refractivity contribution in [3.05, 3.63) is 85.2 Å². The topological polar surface area (TPSA) is 77.1 Å². The molecule has 0 aromatic heterocycles. The second kappa shape index (κ2) is 20.5. The van der Waals surface area contributed by atoms with Gasteiger partial charge >= 0.3 is 0 Å². The molecule has 0 bridgehead atoms. The highest BCUT2D eigenvalue weighted by Crippen LogP contribution is 2.24. The summed E-state index contributed by atoms with van der Waals surface area (Å²) in [6.07, 6.45) is 3.09. The molecule has 0 saturated carbocycles. The molecule has 7 nitrogen and oxygen atoms in total. The summed E-state index contributed by atoms with van der Waals surface area (Å²) in [6, 6.07) is 6.63. The van der Waals surface area contributed by atoms with E-state index in [1.807, 2.05) is 69.5 Å². The zero-order valence-electron chi connectivity index (χ0n) is 26.9. The molecule has 0 atom stereocenters. The molecular weight excluding hydrogens is 500 g/mol. The van der Waals surface area contributed by atoms with Crippen LogP contribution >= 0.6 is 0 Å². The number of allylic oxidation sites excluding steroid dienone is 2. The van der Waals surface area contributed by atoms with Gasteiger partial charge in [-0.25, -0.2) is 0 Å². The lowest BCUT2D eigenvalue weighted by Gasteiger charge is -2.29. The van der Waals surface area contributed by atoms with Crippen molar-refractivity contribution >= 4 is 11.7 Å². The molecule has 1 amide bonds. The molecule has 3 N–H and O–H groups in total. The van der Waals surface area contributed by atoms with Crippen LogP contribution in [0.5, 0.6) is 5.75 Å². The number of phenolic OH excluding ortho intramolecular Hbond substituents is 1. The first kappa shape index (κ1) is 38.7. The summed E-state index contributed by atoms with van der Waals surface area (Å²) in [5, 5.41) is 15.8. The Morgan fingerprint density at radius 1 is 1.00 bits per heavy atom. The summed E-state index contributed by atoms with van der Waals surface area (Å²) in [4.78, 5) is 16.2. The fraction of sp³-hybridized carbons (Fsp3) is 0.485. The van der Waals surface area contributed by atoms with Gasteiger partial charge in [-0.05, 0) is 70.6 Å². The van der Waals surface area contributed by atoms with Gasteiger partial charge in [0, 0.05) is 37.0 Å². The van der Waals surface area contributed by atoms with Crippen LogP contribution in [0.2, 0.25) is 0 Å². The van der Waals surface area contributed by atoms with E-state index in [1.165, 1.54) is 0 Å². The Balaban J connectivity index is 0. The minimum absolute atomic E-state index is 0.0399. The minimum atomic E-state index is -0.278. The number of nitrogens with zero attached hydrogens (tertiary/aromatic N) is 2. The fourth-order valence-corrected chi connectivity index (χ4v) is 3.30. The largest absolute Gasteiger partial charge is 0.508 e. The maximum absolute atomic E-state index is 12.4.